The summed E-state index contributed by atoms with van der Waals surface area (Å²) >= 11 is -0.110. The summed E-state index contributed by atoms with van der Waals surface area (Å²) in [6.45, 7) is 0.503. The van der Waals surface area contributed by atoms with Crippen LogP contribution in [0.2, 0.25) is 0 Å². The van der Waals surface area contributed by atoms with Gasteiger partial charge in [-0.25, -0.2) is 0 Å². The molecular weight excluding hydrogens is 323 g/mol. The van der Waals surface area contributed by atoms with Crippen LogP contribution in [-0.4, -0.2) is 17.2 Å². The Morgan fingerprint density at radius 2 is 1.78 bits per heavy atom. The molecule has 0 saturated carbocycles. The van der Waals surface area contributed by atoms with E-state index in [1.165, 1.54) is 7.11 Å². The Kier molecular flexibility index (Phi) is 4.26. The first-order valence-corrected chi connectivity index (χ1v) is 7.75. The number of alkyl halides is 3. The molecule has 0 radical (unpaired) electrons. The summed E-state index contributed by atoms with van der Waals surface area (Å²) in [5.41, 5.74) is -2.59. The number of thioether (sulfide) groups is 1. The molecule has 0 amide bonds. The van der Waals surface area contributed by atoms with Gasteiger partial charge in [0.15, 0.2) is 0 Å². The molecule has 0 bridgehead atoms. The van der Waals surface area contributed by atoms with E-state index in [0.717, 1.165) is 11.1 Å². The van der Waals surface area contributed by atoms with Gasteiger partial charge in [-0.2, -0.15) is 13.2 Å². The molecule has 6 heteroatoms. The zero-order chi connectivity index (χ0) is 16.4. The van der Waals surface area contributed by atoms with Gasteiger partial charge in [0.25, 0.3) is 0 Å². The van der Waals surface area contributed by atoms with E-state index >= 15 is 0 Å². The normalized spacial score (nSPS) is 11.8. The maximum atomic E-state index is 12.9. The van der Waals surface area contributed by atoms with Crippen molar-refractivity contribution in [2.45, 2.75) is 16.9 Å². The van der Waals surface area contributed by atoms with Crippen molar-refractivity contribution in [1.29, 1.82) is 0 Å². The Balaban J connectivity index is 2.11. The minimum absolute atomic E-state index is 0.110. The van der Waals surface area contributed by atoms with E-state index in [1.807, 2.05) is 34.9 Å². The standard InChI is InChI=1S/C17H14F3NOS/c1-22-14-9-5-8-13-16(14)15(23-17(18,19)20)11-21(13)10-12-6-3-2-4-7-12/h2-9,11H,10H2,1H3. The van der Waals surface area contributed by atoms with Gasteiger partial charge in [-0.05, 0) is 29.5 Å². The molecule has 0 aliphatic rings. The van der Waals surface area contributed by atoms with Crippen molar-refractivity contribution in [3.05, 3.63) is 60.3 Å². The first-order chi connectivity index (χ1) is 11.0. The van der Waals surface area contributed by atoms with Gasteiger partial charge < -0.3 is 9.30 Å². The summed E-state index contributed by atoms with van der Waals surface area (Å²) in [4.78, 5) is 0.154. The van der Waals surface area contributed by atoms with Crippen LogP contribution in [0.1, 0.15) is 5.56 Å². The Bertz CT molecular complexity index is 812. The molecule has 2 nitrogen and oxygen atoms in total. The van der Waals surface area contributed by atoms with Crippen LogP contribution in [0.4, 0.5) is 13.2 Å². The van der Waals surface area contributed by atoms with Crippen molar-refractivity contribution >= 4 is 22.7 Å². The monoisotopic (exact) mass is 337 g/mol. The van der Waals surface area contributed by atoms with Gasteiger partial charge in [-0.3, -0.25) is 0 Å². The Labute approximate surface area is 135 Å². The van der Waals surface area contributed by atoms with Crippen LogP contribution in [0.25, 0.3) is 10.9 Å². The third-order valence-corrected chi connectivity index (χ3v) is 4.24. The molecule has 0 atom stereocenters. The maximum absolute atomic E-state index is 12.9. The van der Waals surface area contributed by atoms with E-state index in [4.69, 9.17) is 4.74 Å². The van der Waals surface area contributed by atoms with Crippen LogP contribution in [0, 0.1) is 0 Å². The molecule has 3 rings (SSSR count). The predicted octanol–water partition coefficient (Wildman–Crippen LogP) is 5.31. The quantitative estimate of drug-likeness (QED) is 0.599. The average molecular weight is 337 g/mol. The fourth-order valence-corrected chi connectivity index (χ4v) is 3.30. The van der Waals surface area contributed by atoms with Crippen LogP contribution in [0.15, 0.2) is 59.6 Å². The van der Waals surface area contributed by atoms with Crippen LogP contribution >= 0.6 is 11.8 Å². The topological polar surface area (TPSA) is 14.2 Å². The second-order valence-electron chi connectivity index (χ2n) is 5.01. The Hall–Kier alpha value is -2.08. The van der Waals surface area contributed by atoms with Gasteiger partial charge in [-0.15, -0.1) is 0 Å². The highest BCUT2D eigenvalue weighted by Crippen LogP contribution is 2.44. The molecule has 23 heavy (non-hydrogen) atoms. The molecule has 1 aromatic heterocycles. The number of benzene rings is 2. The molecule has 0 spiro atoms. The fourth-order valence-electron chi connectivity index (χ4n) is 2.57. The molecule has 1 heterocycles. The van der Waals surface area contributed by atoms with E-state index < -0.39 is 5.51 Å². The number of rotatable bonds is 4. The molecule has 0 unspecified atom stereocenters. The smallest absolute Gasteiger partial charge is 0.446 e. The van der Waals surface area contributed by atoms with E-state index in [9.17, 15) is 13.2 Å². The maximum Gasteiger partial charge on any atom is 0.446 e. The lowest BCUT2D eigenvalue weighted by molar-refractivity contribution is -0.0327. The first-order valence-electron chi connectivity index (χ1n) is 6.93. The number of aromatic nitrogens is 1. The third kappa shape index (κ3) is 3.47. The summed E-state index contributed by atoms with van der Waals surface area (Å²) in [6.07, 6.45) is 1.54. The van der Waals surface area contributed by atoms with E-state index in [2.05, 4.69) is 0 Å². The Morgan fingerprint density at radius 3 is 2.43 bits per heavy atom. The summed E-state index contributed by atoms with van der Waals surface area (Å²) in [5.74, 6) is 0.445. The number of ether oxygens (including phenoxy) is 1. The van der Waals surface area contributed by atoms with Crippen LogP contribution in [-0.2, 0) is 6.54 Å². The van der Waals surface area contributed by atoms with Gasteiger partial charge in [0.05, 0.1) is 18.0 Å². The SMILES string of the molecule is COc1cccc2c1c(SC(F)(F)F)cn2Cc1ccccc1. The lowest BCUT2D eigenvalue weighted by atomic mass is 10.2. The molecule has 0 fully saturated rings. The lowest BCUT2D eigenvalue weighted by Gasteiger charge is -2.07. The summed E-state index contributed by atoms with van der Waals surface area (Å²) in [6, 6.07) is 14.9. The van der Waals surface area contributed by atoms with Gasteiger partial charge in [0, 0.05) is 17.6 Å². The summed E-state index contributed by atoms with van der Waals surface area (Å²) in [5, 5.41) is 0.494. The lowest BCUT2D eigenvalue weighted by Crippen LogP contribution is -1.99. The molecule has 120 valence electrons. The van der Waals surface area contributed by atoms with Crippen LogP contribution < -0.4 is 4.74 Å². The minimum Gasteiger partial charge on any atom is -0.496 e. The van der Waals surface area contributed by atoms with Crippen molar-refractivity contribution in [3.63, 3.8) is 0 Å². The van der Waals surface area contributed by atoms with Crippen molar-refractivity contribution in [1.82, 2.24) is 4.57 Å². The molecular formula is C17H14F3NOS. The van der Waals surface area contributed by atoms with Crippen LogP contribution in [0.5, 0.6) is 5.75 Å². The molecule has 0 aliphatic heterocycles. The zero-order valence-electron chi connectivity index (χ0n) is 12.3. The van der Waals surface area contributed by atoms with Crippen LogP contribution in [0.3, 0.4) is 0 Å². The van der Waals surface area contributed by atoms with Crippen molar-refractivity contribution in [2.24, 2.45) is 0 Å². The molecule has 0 N–H and O–H groups in total. The number of nitrogens with zero attached hydrogens (tertiary/aromatic N) is 1. The van der Waals surface area contributed by atoms with E-state index in [0.29, 0.717) is 17.7 Å². The Morgan fingerprint density at radius 1 is 1.04 bits per heavy atom. The second-order valence-corrected chi connectivity index (χ2v) is 6.12. The minimum atomic E-state index is -4.34. The summed E-state index contributed by atoms with van der Waals surface area (Å²) < 4.78 is 45.6. The molecule has 3 aromatic rings. The number of methoxy groups -OCH3 is 1. The van der Waals surface area contributed by atoms with Gasteiger partial charge in [0.1, 0.15) is 5.75 Å². The molecule has 0 saturated heterocycles. The average Bonchev–Trinajstić information content (AvgIpc) is 2.84. The summed E-state index contributed by atoms with van der Waals surface area (Å²) in [7, 11) is 1.46. The highest BCUT2D eigenvalue weighted by Gasteiger charge is 2.31. The highest BCUT2D eigenvalue weighted by atomic mass is 32.2. The largest absolute Gasteiger partial charge is 0.496 e. The van der Waals surface area contributed by atoms with Gasteiger partial charge in [-0.1, -0.05) is 36.4 Å². The number of fused-ring (bicyclic) bond motifs is 1. The van der Waals surface area contributed by atoms with Crippen molar-refractivity contribution in [3.8, 4) is 5.75 Å². The van der Waals surface area contributed by atoms with E-state index in [1.54, 1.807) is 24.4 Å². The number of hydrogen-bond acceptors (Lipinski definition) is 2. The highest BCUT2D eigenvalue weighted by molar-refractivity contribution is 8.00. The fraction of sp³-hybridized carbons (Fsp3) is 0.176. The molecule has 0 aliphatic carbocycles. The second kappa shape index (κ2) is 6.20. The zero-order valence-corrected chi connectivity index (χ0v) is 13.1. The predicted molar refractivity (Wildman–Crippen MR) is 85.9 cm³/mol. The van der Waals surface area contributed by atoms with Gasteiger partial charge in [0.2, 0.25) is 0 Å². The van der Waals surface area contributed by atoms with E-state index in [-0.39, 0.29) is 16.7 Å². The van der Waals surface area contributed by atoms with Gasteiger partial charge >= 0.3 is 5.51 Å². The van der Waals surface area contributed by atoms with Crippen molar-refractivity contribution < 1.29 is 17.9 Å². The molecule has 2 aromatic carbocycles. The number of halogens is 3. The van der Waals surface area contributed by atoms with Crippen molar-refractivity contribution in [2.75, 3.05) is 7.11 Å². The third-order valence-electron chi connectivity index (χ3n) is 3.47. The number of hydrogen-bond donors (Lipinski definition) is 0. The first kappa shape index (κ1) is 15.8.